The Balaban J connectivity index is 2.03. The second-order valence-electron chi connectivity index (χ2n) is 6.02. The molecule has 0 saturated carbocycles. The molecule has 1 heterocycles. The predicted molar refractivity (Wildman–Crippen MR) is 106 cm³/mol. The summed E-state index contributed by atoms with van der Waals surface area (Å²) in [5.74, 6) is -0.745. The summed E-state index contributed by atoms with van der Waals surface area (Å²) < 4.78 is 15.6. The lowest BCUT2D eigenvalue weighted by Gasteiger charge is -2.17. The van der Waals surface area contributed by atoms with Gasteiger partial charge < -0.3 is 4.90 Å². The van der Waals surface area contributed by atoms with Crippen LogP contribution < -0.4 is 5.56 Å². The third kappa shape index (κ3) is 4.05. The minimum atomic E-state index is -0.555. The van der Waals surface area contributed by atoms with Gasteiger partial charge in [0.1, 0.15) is 5.82 Å². The van der Waals surface area contributed by atoms with Gasteiger partial charge in [0.2, 0.25) is 5.91 Å². The van der Waals surface area contributed by atoms with Crippen LogP contribution in [0.25, 0.3) is 16.6 Å². The Labute approximate surface area is 165 Å². The zero-order chi connectivity index (χ0) is 20.1. The molecule has 142 valence electrons. The summed E-state index contributed by atoms with van der Waals surface area (Å²) in [7, 11) is 1.61. The van der Waals surface area contributed by atoms with Gasteiger partial charge in [-0.2, -0.15) is 5.26 Å². The molecule has 0 saturated heterocycles. The fraction of sp³-hybridized carbons (Fsp3) is 0.200. The van der Waals surface area contributed by atoms with E-state index in [0.717, 1.165) is 11.8 Å². The first kappa shape index (κ1) is 19.6. The molecule has 0 aliphatic carbocycles. The summed E-state index contributed by atoms with van der Waals surface area (Å²) in [4.78, 5) is 31.3. The lowest BCUT2D eigenvalue weighted by atomic mass is 10.2. The molecule has 28 heavy (non-hydrogen) atoms. The highest BCUT2D eigenvalue weighted by Gasteiger charge is 2.18. The summed E-state index contributed by atoms with van der Waals surface area (Å²) >= 11 is 1.06. The summed E-state index contributed by atoms with van der Waals surface area (Å²) in [6, 6.07) is 14.8. The van der Waals surface area contributed by atoms with E-state index in [1.807, 2.05) is 6.07 Å². The lowest BCUT2D eigenvalue weighted by Crippen LogP contribution is -2.29. The molecule has 1 amide bonds. The van der Waals surface area contributed by atoms with Gasteiger partial charge in [0.05, 0.1) is 34.8 Å². The van der Waals surface area contributed by atoms with E-state index in [9.17, 15) is 14.0 Å². The lowest BCUT2D eigenvalue weighted by molar-refractivity contribution is -0.127. The monoisotopic (exact) mass is 396 g/mol. The zero-order valence-corrected chi connectivity index (χ0v) is 15.9. The van der Waals surface area contributed by atoms with Crippen molar-refractivity contribution in [2.24, 2.45) is 0 Å². The molecule has 0 spiro atoms. The van der Waals surface area contributed by atoms with Crippen molar-refractivity contribution in [3.63, 3.8) is 0 Å². The van der Waals surface area contributed by atoms with Crippen molar-refractivity contribution in [3.8, 4) is 11.8 Å². The number of hydrogen-bond acceptors (Lipinski definition) is 5. The van der Waals surface area contributed by atoms with Gasteiger partial charge in [0.25, 0.3) is 5.56 Å². The van der Waals surface area contributed by atoms with Gasteiger partial charge in [0.15, 0.2) is 5.16 Å². The van der Waals surface area contributed by atoms with Gasteiger partial charge >= 0.3 is 0 Å². The average Bonchev–Trinajstić information content (AvgIpc) is 2.71. The Morgan fingerprint density at radius 2 is 1.96 bits per heavy atom. The third-order valence-corrected chi connectivity index (χ3v) is 5.07. The van der Waals surface area contributed by atoms with E-state index in [1.54, 1.807) is 43.4 Å². The topological polar surface area (TPSA) is 79.0 Å². The van der Waals surface area contributed by atoms with Crippen LogP contribution in [0.1, 0.15) is 6.42 Å². The van der Waals surface area contributed by atoms with Crippen molar-refractivity contribution in [3.05, 3.63) is 64.7 Å². The van der Waals surface area contributed by atoms with Gasteiger partial charge in [-0.05, 0) is 24.3 Å². The normalized spacial score (nSPS) is 10.6. The zero-order valence-electron chi connectivity index (χ0n) is 15.1. The number of rotatable bonds is 6. The van der Waals surface area contributed by atoms with E-state index < -0.39 is 11.4 Å². The smallest absolute Gasteiger partial charge is 0.266 e. The molecule has 2 aromatic carbocycles. The molecule has 0 aliphatic rings. The summed E-state index contributed by atoms with van der Waals surface area (Å²) in [5.41, 5.74) is 0.162. The first-order valence-electron chi connectivity index (χ1n) is 8.53. The summed E-state index contributed by atoms with van der Waals surface area (Å²) in [6.45, 7) is 0.321. The fourth-order valence-electron chi connectivity index (χ4n) is 2.63. The quantitative estimate of drug-likeness (QED) is 0.473. The fourth-order valence-corrected chi connectivity index (χ4v) is 3.58. The van der Waals surface area contributed by atoms with E-state index in [0.29, 0.717) is 17.4 Å². The molecule has 0 unspecified atom stereocenters. The number of benzene rings is 2. The van der Waals surface area contributed by atoms with Gasteiger partial charge in [-0.3, -0.25) is 14.2 Å². The number of carbonyl (C=O) groups is 1. The Morgan fingerprint density at radius 3 is 2.71 bits per heavy atom. The van der Waals surface area contributed by atoms with Crippen LogP contribution in [0.15, 0.2) is 58.5 Å². The highest BCUT2D eigenvalue weighted by Crippen LogP contribution is 2.23. The number of fused-ring (bicyclic) bond motifs is 1. The van der Waals surface area contributed by atoms with Crippen LogP contribution in [0, 0.1) is 17.1 Å². The maximum Gasteiger partial charge on any atom is 0.266 e. The van der Waals surface area contributed by atoms with Crippen LogP contribution in [0.2, 0.25) is 0 Å². The molecular formula is C20H17FN4O2S. The van der Waals surface area contributed by atoms with E-state index in [2.05, 4.69) is 4.98 Å². The summed E-state index contributed by atoms with van der Waals surface area (Å²) in [6.07, 6.45) is 0.237. The molecule has 0 bridgehead atoms. The molecule has 3 rings (SSSR count). The number of halogens is 1. The predicted octanol–water partition coefficient (Wildman–Crippen LogP) is 2.99. The first-order valence-corrected chi connectivity index (χ1v) is 9.52. The van der Waals surface area contributed by atoms with Crippen LogP contribution in [-0.2, 0) is 4.79 Å². The molecule has 8 heteroatoms. The second kappa shape index (κ2) is 8.67. The molecule has 0 radical (unpaired) electrons. The van der Waals surface area contributed by atoms with Gasteiger partial charge in [-0.25, -0.2) is 9.37 Å². The van der Waals surface area contributed by atoms with Gasteiger partial charge in [-0.1, -0.05) is 36.0 Å². The molecule has 0 aliphatic heterocycles. The highest BCUT2D eigenvalue weighted by molar-refractivity contribution is 7.99. The number of amides is 1. The molecule has 0 fully saturated rings. The van der Waals surface area contributed by atoms with E-state index in [4.69, 9.17) is 5.26 Å². The number of hydrogen-bond donors (Lipinski definition) is 0. The van der Waals surface area contributed by atoms with Crippen LogP contribution in [0.3, 0.4) is 0 Å². The SMILES string of the molecule is CN(CCC#N)C(=O)CSc1nc2ccccc2c(=O)n1-c1ccccc1F. The average molecular weight is 396 g/mol. The molecule has 6 nitrogen and oxygen atoms in total. The third-order valence-electron chi connectivity index (χ3n) is 4.15. The Kier molecular flexibility index (Phi) is 6.06. The maximum absolute atomic E-state index is 14.4. The Morgan fingerprint density at radius 1 is 1.25 bits per heavy atom. The van der Waals surface area contributed by atoms with Crippen LogP contribution in [0.5, 0.6) is 0 Å². The number of nitrogens with zero attached hydrogens (tertiary/aromatic N) is 4. The first-order chi connectivity index (χ1) is 13.5. The van der Waals surface area contributed by atoms with Crippen molar-refractivity contribution >= 4 is 28.6 Å². The maximum atomic E-state index is 14.4. The number of thioether (sulfide) groups is 1. The van der Waals surface area contributed by atoms with Crippen molar-refractivity contribution in [1.29, 1.82) is 5.26 Å². The molecule has 0 atom stereocenters. The van der Waals surface area contributed by atoms with E-state index in [-0.39, 0.29) is 28.9 Å². The van der Waals surface area contributed by atoms with Crippen LogP contribution >= 0.6 is 11.8 Å². The number of carbonyl (C=O) groups excluding carboxylic acids is 1. The molecule has 0 N–H and O–H groups in total. The highest BCUT2D eigenvalue weighted by atomic mass is 32.2. The second-order valence-corrected chi connectivity index (χ2v) is 6.96. The minimum Gasteiger partial charge on any atom is -0.344 e. The van der Waals surface area contributed by atoms with Crippen molar-refractivity contribution in [2.75, 3.05) is 19.3 Å². The van der Waals surface area contributed by atoms with Gasteiger partial charge in [0, 0.05) is 13.6 Å². The Bertz CT molecular complexity index is 1120. The van der Waals surface area contributed by atoms with Crippen molar-refractivity contribution < 1.29 is 9.18 Å². The number of nitriles is 1. The van der Waals surface area contributed by atoms with Gasteiger partial charge in [-0.15, -0.1) is 0 Å². The Hall–Kier alpha value is -3.18. The number of aromatic nitrogens is 2. The molecule has 1 aromatic heterocycles. The standard InChI is InChI=1S/C20H17FN4O2S/c1-24(12-6-11-22)18(26)13-28-20-23-16-9-4-2-7-14(16)19(27)25(20)17-10-5-3-8-15(17)21/h2-5,7-10H,6,12-13H2,1H3. The summed E-state index contributed by atoms with van der Waals surface area (Å²) in [5, 5.41) is 9.25. The van der Waals surface area contributed by atoms with E-state index >= 15 is 0 Å². The molecular weight excluding hydrogens is 379 g/mol. The van der Waals surface area contributed by atoms with Crippen molar-refractivity contribution in [2.45, 2.75) is 11.6 Å². The van der Waals surface area contributed by atoms with E-state index in [1.165, 1.54) is 21.6 Å². The minimum absolute atomic E-state index is 0.0150. The van der Waals surface area contributed by atoms with Crippen LogP contribution in [0.4, 0.5) is 4.39 Å². The molecule has 3 aromatic rings. The number of para-hydroxylation sites is 2. The largest absolute Gasteiger partial charge is 0.344 e. The van der Waals surface area contributed by atoms with Crippen molar-refractivity contribution in [1.82, 2.24) is 14.5 Å². The van der Waals surface area contributed by atoms with Crippen LogP contribution in [-0.4, -0.2) is 39.7 Å².